The minimum Gasteiger partial charge on any atom is -0.393 e. The molecule has 1 aromatic carbocycles. The van der Waals surface area contributed by atoms with Crippen molar-refractivity contribution in [2.45, 2.75) is 71.8 Å². The van der Waals surface area contributed by atoms with E-state index in [1.54, 1.807) is 11.1 Å². The van der Waals surface area contributed by atoms with E-state index in [4.69, 9.17) is 0 Å². The Bertz CT molecular complexity index is 1120. The molecule has 3 heteroatoms. The van der Waals surface area contributed by atoms with E-state index < -0.39 is 0 Å². The molecular formula is C28H34N2O. The Morgan fingerprint density at radius 3 is 2.71 bits per heavy atom. The van der Waals surface area contributed by atoms with Gasteiger partial charge in [-0.1, -0.05) is 37.6 Å². The number of aliphatic hydroxyl groups excluding tert-OH is 1. The SMILES string of the molecule is Cc1ncc2cc(C3=CC[C@H]4[C@@H]5CC=C6C[C@H](O)CC[C@]6(C)[C@H]5CC[C@]34C)ccc2n1. The van der Waals surface area contributed by atoms with E-state index in [0.717, 1.165) is 53.7 Å². The van der Waals surface area contributed by atoms with Crippen molar-refractivity contribution in [2.24, 2.45) is 28.6 Å². The van der Waals surface area contributed by atoms with E-state index in [1.165, 1.54) is 31.2 Å². The maximum atomic E-state index is 10.2. The Labute approximate surface area is 185 Å². The summed E-state index contributed by atoms with van der Waals surface area (Å²) in [5.41, 5.74) is 6.09. The van der Waals surface area contributed by atoms with Crippen LogP contribution >= 0.6 is 0 Å². The van der Waals surface area contributed by atoms with Crippen molar-refractivity contribution in [3.63, 3.8) is 0 Å². The van der Waals surface area contributed by atoms with Crippen molar-refractivity contribution in [1.82, 2.24) is 9.97 Å². The monoisotopic (exact) mass is 414 g/mol. The molecule has 3 nitrogen and oxygen atoms in total. The molecule has 1 heterocycles. The molecule has 2 aromatic rings. The fraction of sp³-hybridized carbons (Fsp3) is 0.571. The summed E-state index contributed by atoms with van der Waals surface area (Å²) in [6, 6.07) is 6.76. The van der Waals surface area contributed by atoms with E-state index in [9.17, 15) is 5.11 Å². The molecule has 0 aliphatic heterocycles. The molecule has 4 aliphatic rings. The molecular weight excluding hydrogens is 380 g/mol. The largest absolute Gasteiger partial charge is 0.393 e. The second-order valence-electron chi connectivity index (χ2n) is 11.2. The summed E-state index contributed by atoms with van der Waals surface area (Å²) in [5, 5.41) is 11.4. The lowest BCUT2D eigenvalue weighted by atomic mass is 9.47. The van der Waals surface area contributed by atoms with Gasteiger partial charge in [0.1, 0.15) is 5.82 Å². The lowest BCUT2D eigenvalue weighted by molar-refractivity contribution is -0.0238. The summed E-state index contributed by atoms with van der Waals surface area (Å²) in [6.45, 7) is 7.00. The number of nitrogens with zero attached hydrogens (tertiary/aromatic N) is 2. The number of aliphatic hydroxyl groups is 1. The summed E-state index contributed by atoms with van der Waals surface area (Å²) in [7, 11) is 0. The first-order valence-electron chi connectivity index (χ1n) is 12.2. The zero-order valence-corrected chi connectivity index (χ0v) is 19.1. The Hall–Kier alpha value is -2.00. The van der Waals surface area contributed by atoms with Crippen LogP contribution in [0.25, 0.3) is 16.5 Å². The highest BCUT2D eigenvalue weighted by atomic mass is 16.3. The third kappa shape index (κ3) is 2.81. The number of fused-ring (bicyclic) bond motifs is 6. The van der Waals surface area contributed by atoms with E-state index in [2.05, 4.69) is 54.2 Å². The smallest absolute Gasteiger partial charge is 0.125 e. The molecule has 31 heavy (non-hydrogen) atoms. The van der Waals surface area contributed by atoms with Crippen LogP contribution in [0.2, 0.25) is 0 Å². The minimum absolute atomic E-state index is 0.120. The van der Waals surface area contributed by atoms with E-state index in [0.29, 0.717) is 5.41 Å². The van der Waals surface area contributed by atoms with Crippen LogP contribution in [0.5, 0.6) is 0 Å². The van der Waals surface area contributed by atoms with Crippen molar-refractivity contribution in [3.05, 3.63) is 53.5 Å². The Balaban J connectivity index is 1.33. The van der Waals surface area contributed by atoms with Gasteiger partial charge in [-0.05, 0) is 104 Å². The van der Waals surface area contributed by atoms with Gasteiger partial charge in [0.25, 0.3) is 0 Å². The number of hydrogen-bond donors (Lipinski definition) is 1. The van der Waals surface area contributed by atoms with Crippen LogP contribution in [0.3, 0.4) is 0 Å². The van der Waals surface area contributed by atoms with Gasteiger partial charge in [-0.25, -0.2) is 9.97 Å². The van der Waals surface area contributed by atoms with Gasteiger partial charge in [-0.3, -0.25) is 0 Å². The van der Waals surface area contributed by atoms with Crippen LogP contribution < -0.4 is 0 Å². The molecule has 162 valence electrons. The van der Waals surface area contributed by atoms with Crippen molar-refractivity contribution in [3.8, 4) is 0 Å². The van der Waals surface area contributed by atoms with Crippen molar-refractivity contribution in [1.29, 1.82) is 0 Å². The second kappa shape index (κ2) is 6.75. The van der Waals surface area contributed by atoms with Crippen LogP contribution in [0.4, 0.5) is 0 Å². The molecule has 0 bridgehead atoms. The predicted molar refractivity (Wildman–Crippen MR) is 125 cm³/mol. The Morgan fingerprint density at radius 2 is 1.84 bits per heavy atom. The zero-order valence-electron chi connectivity index (χ0n) is 19.1. The summed E-state index contributed by atoms with van der Waals surface area (Å²) in [5.74, 6) is 3.11. The molecule has 0 amide bonds. The van der Waals surface area contributed by atoms with Crippen LogP contribution in [0, 0.1) is 35.5 Å². The first-order valence-corrected chi connectivity index (χ1v) is 12.2. The van der Waals surface area contributed by atoms with Gasteiger partial charge in [0.15, 0.2) is 0 Å². The van der Waals surface area contributed by atoms with Gasteiger partial charge < -0.3 is 5.11 Å². The van der Waals surface area contributed by atoms with E-state index >= 15 is 0 Å². The molecule has 2 fully saturated rings. The topological polar surface area (TPSA) is 46.0 Å². The molecule has 0 unspecified atom stereocenters. The third-order valence-corrected chi connectivity index (χ3v) is 9.67. The predicted octanol–water partition coefficient (Wildman–Crippen LogP) is 6.26. The van der Waals surface area contributed by atoms with Gasteiger partial charge in [-0.2, -0.15) is 0 Å². The fourth-order valence-corrected chi connectivity index (χ4v) is 7.95. The third-order valence-electron chi connectivity index (χ3n) is 9.67. The molecule has 6 rings (SSSR count). The van der Waals surface area contributed by atoms with Crippen molar-refractivity contribution >= 4 is 16.5 Å². The van der Waals surface area contributed by atoms with E-state index in [-0.39, 0.29) is 11.5 Å². The highest BCUT2D eigenvalue weighted by molar-refractivity contribution is 5.84. The number of rotatable bonds is 1. The Kier molecular flexibility index (Phi) is 4.28. The van der Waals surface area contributed by atoms with Crippen LogP contribution in [-0.2, 0) is 0 Å². The van der Waals surface area contributed by atoms with Gasteiger partial charge in [0.05, 0.1) is 11.6 Å². The number of aromatic nitrogens is 2. The molecule has 4 aliphatic carbocycles. The molecule has 1 N–H and O–H groups in total. The number of benzene rings is 1. The maximum Gasteiger partial charge on any atom is 0.125 e. The van der Waals surface area contributed by atoms with Gasteiger partial charge in [0, 0.05) is 11.6 Å². The first-order chi connectivity index (χ1) is 14.9. The zero-order chi connectivity index (χ0) is 21.4. The maximum absolute atomic E-state index is 10.2. The molecule has 6 atom stereocenters. The number of allylic oxidation sites excluding steroid dienone is 3. The molecule has 0 spiro atoms. The van der Waals surface area contributed by atoms with Crippen LogP contribution in [-0.4, -0.2) is 21.2 Å². The van der Waals surface area contributed by atoms with Crippen molar-refractivity contribution < 1.29 is 5.11 Å². The highest BCUT2D eigenvalue weighted by Gasteiger charge is 2.56. The fourth-order valence-electron chi connectivity index (χ4n) is 7.95. The standard InChI is InChI=1S/C28H34N2O/c1-17-29-16-19-14-18(4-9-26(19)30-17)23-7-8-24-22-6-5-20-15-21(31)10-12-27(20,2)25(22)11-13-28(23,24)3/h4-5,7,9,14,16,21-22,24-25,31H,6,8,10-13,15H2,1-3H3/t21-,22+,24+,25+,27+,28-/m1/s1. The van der Waals surface area contributed by atoms with Crippen LogP contribution in [0.1, 0.15) is 70.2 Å². The number of hydrogen-bond acceptors (Lipinski definition) is 3. The van der Waals surface area contributed by atoms with Gasteiger partial charge >= 0.3 is 0 Å². The summed E-state index contributed by atoms with van der Waals surface area (Å²) >= 11 is 0. The normalized spacial score (nSPS) is 39.4. The highest BCUT2D eigenvalue weighted by Crippen LogP contribution is 2.66. The average Bonchev–Trinajstić information content (AvgIpc) is 3.11. The quantitative estimate of drug-likeness (QED) is 0.561. The van der Waals surface area contributed by atoms with E-state index in [1.807, 2.05) is 13.1 Å². The second-order valence-corrected chi connectivity index (χ2v) is 11.2. The summed E-state index contributed by atoms with van der Waals surface area (Å²) < 4.78 is 0. The molecule has 0 radical (unpaired) electrons. The lowest BCUT2D eigenvalue weighted by Crippen LogP contribution is -2.49. The molecule has 0 saturated heterocycles. The van der Waals surface area contributed by atoms with Gasteiger partial charge in [0.2, 0.25) is 0 Å². The van der Waals surface area contributed by atoms with Crippen molar-refractivity contribution in [2.75, 3.05) is 0 Å². The molecule has 1 aromatic heterocycles. The minimum atomic E-state index is -0.120. The lowest BCUT2D eigenvalue weighted by Gasteiger charge is -2.57. The summed E-state index contributed by atoms with van der Waals surface area (Å²) in [6.07, 6.45) is 15.0. The average molecular weight is 415 g/mol. The Morgan fingerprint density at radius 1 is 1.00 bits per heavy atom. The summed E-state index contributed by atoms with van der Waals surface area (Å²) in [4.78, 5) is 9.02. The number of aryl methyl sites for hydroxylation is 1. The molecule has 2 saturated carbocycles. The van der Waals surface area contributed by atoms with Gasteiger partial charge in [-0.15, -0.1) is 0 Å². The van der Waals surface area contributed by atoms with Crippen LogP contribution in [0.15, 0.2) is 42.1 Å². The first kappa shape index (κ1) is 19.7.